The Balaban J connectivity index is 2.82. The van der Waals surface area contributed by atoms with Gasteiger partial charge in [-0.3, -0.25) is 4.48 Å². The van der Waals surface area contributed by atoms with Gasteiger partial charge in [-0.2, -0.15) is 0 Å². The van der Waals surface area contributed by atoms with Crippen molar-refractivity contribution < 1.29 is 13.9 Å². The molecule has 0 bridgehead atoms. The zero-order chi connectivity index (χ0) is 11.4. The summed E-state index contributed by atoms with van der Waals surface area (Å²) in [6.07, 6.45) is 1.56. The Morgan fingerprint density at radius 3 is 2.47 bits per heavy atom. The fraction of sp³-hybridized carbons (Fsp3) is 0.273. The maximum atomic E-state index is 13.6. The van der Waals surface area contributed by atoms with Gasteiger partial charge in [-0.05, 0) is 0 Å². The van der Waals surface area contributed by atoms with E-state index in [1.54, 1.807) is 27.1 Å². The third-order valence-electron chi connectivity index (χ3n) is 3.00. The molecule has 80 valence electrons. The molecule has 0 radical (unpaired) electrons. The lowest BCUT2D eigenvalue weighted by Gasteiger charge is -2.26. The monoisotopic (exact) mass is 212 g/mol. The van der Waals surface area contributed by atoms with Crippen molar-refractivity contribution in [2.24, 2.45) is 0 Å². The van der Waals surface area contributed by atoms with Gasteiger partial charge in [0.15, 0.2) is 23.1 Å². The van der Waals surface area contributed by atoms with Crippen molar-refractivity contribution >= 4 is 11.8 Å². The highest BCUT2D eigenvalue weighted by atomic mass is 19.1. The molecule has 0 aliphatic carbocycles. The molecule has 2 rings (SSSR count). The van der Waals surface area contributed by atoms with Crippen LogP contribution in [0.15, 0.2) is 11.8 Å². The molecule has 0 unspecified atom stereocenters. The molecule has 1 aromatic rings. The number of quaternary nitrogens is 1. The predicted octanol–water partition coefficient (Wildman–Crippen LogP) is 2.61. The van der Waals surface area contributed by atoms with Gasteiger partial charge in [0.2, 0.25) is 0 Å². The van der Waals surface area contributed by atoms with Crippen LogP contribution >= 0.6 is 0 Å². The van der Waals surface area contributed by atoms with Crippen LogP contribution in [-0.4, -0.2) is 19.2 Å². The van der Waals surface area contributed by atoms with E-state index in [-0.39, 0.29) is 15.7 Å². The zero-order valence-electron chi connectivity index (χ0n) is 8.81. The average molecular weight is 212 g/mol. The number of hydrogen-bond acceptors (Lipinski definition) is 1. The maximum Gasteiger partial charge on any atom is 0.188 e. The molecular weight excluding hydrogens is 200 g/mol. The molecule has 0 atom stereocenters. The Morgan fingerprint density at radius 2 is 1.87 bits per heavy atom. The van der Waals surface area contributed by atoms with Crippen LogP contribution in [0.4, 0.5) is 14.5 Å². The van der Waals surface area contributed by atoms with E-state index in [0.29, 0.717) is 0 Å². The lowest BCUT2D eigenvalue weighted by atomic mass is 10.1. The van der Waals surface area contributed by atoms with E-state index in [4.69, 9.17) is 5.11 Å². The number of nitrogens with zero attached hydrogens (tertiary/aromatic N) is 1. The van der Waals surface area contributed by atoms with Crippen molar-refractivity contribution in [2.75, 3.05) is 14.1 Å². The van der Waals surface area contributed by atoms with E-state index in [1.807, 2.05) is 0 Å². The predicted molar refractivity (Wildman–Crippen MR) is 55.3 cm³/mol. The molecule has 0 aromatic heterocycles. The number of fused-ring (bicyclic) bond motifs is 1. The number of rotatable bonds is 0. The molecular formula is C11H12F2NO+. The van der Waals surface area contributed by atoms with Crippen LogP contribution in [0.5, 0.6) is 5.75 Å². The summed E-state index contributed by atoms with van der Waals surface area (Å²) in [6, 6.07) is 0.820. The van der Waals surface area contributed by atoms with Gasteiger partial charge < -0.3 is 5.11 Å². The highest BCUT2D eigenvalue weighted by molar-refractivity contribution is 5.77. The lowest BCUT2D eigenvalue weighted by Crippen LogP contribution is -2.36. The van der Waals surface area contributed by atoms with Crippen LogP contribution in [-0.2, 0) is 0 Å². The third kappa shape index (κ3) is 1.18. The average Bonchev–Trinajstić information content (AvgIpc) is 2.35. The lowest BCUT2D eigenvalue weighted by molar-refractivity contribution is 0.418. The summed E-state index contributed by atoms with van der Waals surface area (Å²) >= 11 is 0. The molecule has 4 heteroatoms. The fourth-order valence-electron chi connectivity index (χ4n) is 1.87. The topological polar surface area (TPSA) is 20.2 Å². The van der Waals surface area contributed by atoms with E-state index in [2.05, 4.69) is 0 Å². The van der Waals surface area contributed by atoms with Crippen LogP contribution in [0.25, 0.3) is 6.08 Å². The van der Waals surface area contributed by atoms with E-state index in [1.165, 1.54) is 0 Å². The van der Waals surface area contributed by atoms with Crippen LogP contribution < -0.4 is 4.48 Å². The molecule has 0 fully saturated rings. The maximum absolute atomic E-state index is 13.6. The van der Waals surface area contributed by atoms with Crippen molar-refractivity contribution in [3.05, 3.63) is 29.0 Å². The van der Waals surface area contributed by atoms with E-state index >= 15 is 0 Å². The quantitative estimate of drug-likeness (QED) is 0.655. The molecule has 1 aromatic carbocycles. The van der Waals surface area contributed by atoms with Crippen molar-refractivity contribution in [1.29, 1.82) is 0 Å². The summed E-state index contributed by atoms with van der Waals surface area (Å²) < 4.78 is 27.3. The first kappa shape index (κ1) is 10.1. The van der Waals surface area contributed by atoms with Crippen LogP contribution in [0, 0.1) is 11.6 Å². The molecule has 1 heterocycles. The third-order valence-corrected chi connectivity index (χ3v) is 3.00. The SMILES string of the molecule is CC1=Cc2c(F)c(O)cc(F)c2[N+]1(C)C. The molecule has 2 nitrogen and oxygen atoms in total. The second kappa shape index (κ2) is 2.79. The number of phenolic OH excluding ortho intramolecular Hbond substituents is 1. The fourth-order valence-corrected chi connectivity index (χ4v) is 1.87. The van der Waals surface area contributed by atoms with Gasteiger partial charge in [-0.1, -0.05) is 0 Å². The minimum atomic E-state index is -0.755. The van der Waals surface area contributed by atoms with E-state index < -0.39 is 17.4 Å². The number of allylic oxidation sites excluding steroid dienone is 1. The molecule has 1 aliphatic heterocycles. The Hall–Kier alpha value is -1.42. The summed E-state index contributed by atoms with van der Waals surface area (Å²) in [7, 11) is 3.55. The normalized spacial score (nSPS) is 17.5. The second-order valence-electron chi connectivity index (χ2n) is 4.19. The first-order valence-electron chi connectivity index (χ1n) is 4.60. The molecule has 0 saturated carbocycles. The van der Waals surface area contributed by atoms with Crippen molar-refractivity contribution in [2.45, 2.75) is 6.92 Å². The number of halogens is 2. The summed E-state index contributed by atoms with van der Waals surface area (Å²) in [4.78, 5) is 0. The van der Waals surface area contributed by atoms with Gasteiger partial charge in [-0.25, -0.2) is 8.78 Å². The summed E-state index contributed by atoms with van der Waals surface area (Å²) in [5.41, 5.74) is 1.24. The van der Waals surface area contributed by atoms with Crippen LogP contribution in [0.2, 0.25) is 0 Å². The highest BCUT2D eigenvalue weighted by Gasteiger charge is 2.37. The van der Waals surface area contributed by atoms with Gasteiger partial charge in [0.25, 0.3) is 0 Å². The molecule has 0 amide bonds. The van der Waals surface area contributed by atoms with Crippen LogP contribution in [0.1, 0.15) is 12.5 Å². The molecule has 1 N–H and O–H groups in total. The zero-order valence-corrected chi connectivity index (χ0v) is 8.81. The summed E-state index contributed by atoms with van der Waals surface area (Å²) in [6.45, 7) is 1.80. The molecule has 0 saturated heterocycles. The van der Waals surface area contributed by atoms with E-state index in [9.17, 15) is 8.78 Å². The minimum absolute atomic E-state index is 0.148. The van der Waals surface area contributed by atoms with Gasteiger partial charge in [-0.15, -0.1) is 0 Å². The molecule has 15 heavy (non-hydrogen) atoms. The van der Waals surface area contributed by atoms with Gasteiger partial charge >= 0.3 is 0 Å². The number of hydrogen-bond donors (Lipinski definition) is 1. The van der Waals surface area contributed by atoms with Crippen molar-refractivity contribution in [3.8, 4) is 5.75 Å². The second-order valence-corrected chi connectivity index (χ2v) is 4.19. The Kier molecular flexibility index (Phi) is 1.88. The number of benzene rings is 1. The van der Waals surface area contributed by atoms with Crippen molar-refractivity contribution in [3.63, 3.8) is 0 Å². The van der Waals surface area contributed by atoms with Gasteiger partial charge in [0.1, 0.15) is 5.70 Å². The molecule has 1 aliphatic rings. The van der Waals surface area contributed by atoms with Crippen molar-refractivity contribution in [1.82, 2.24) is 4.48 Å². The highest BCUT2D eigenvalue weighted by Crippen LogP contribution is 2.42. The molecule has 0 spiro atoms. The Morgan fingerprint density at radius 1 is 1.27 bits per heavy atom. The first-order chi connectivity index (χ1) is 6.85. The van der Waals surface area contributed by atoms with Gasteiger partial charge in [0.05, 0.1) is 19.7 Å². The largest absolute Gasteiger partial charge is 0.505 e. The van der Waals surface area contributed by atoms with E-state index in [0.717, 1.165) is 11.8 Å². The van der Waals surface area contributed by atoms with Crippen LogP contribution in [0.3, 0.4) is 0 Å². The van der Waals surface area contributed by atoms with Gasteiger partial charge in [0, 0.05) is 19.1 Å². The standard InChI is InChI=1S/C11H11F2NO/c1-6-4-7-10(13)9(15)5-8(12)11(7)14(6,2)3/h4-5H,1-3H3/p+1. The Bertz CT molecular complexity index is 478. The number of aromatic hydroxyl groups is 1. The Labute approximate surface area is 86.7 Å². The summed E-state index contributed by atoms with van der Waals surface area (Å²) in [5, 5.41) is 9.17. The minimum Gasteiger partial charge on any atom is -0.505 e. The summed E-state index contributed by atoms with van der Waals surface area (Å²) in [5.74, 6) is -1.98. The number of phenols is 1. The smallest absolute Gasteiger partial charge is 0.188 e. The first-order valence-corrected chi connectivity index (χ1v) is 4.60.